The molecule has 0 spiro atoms. The van der Waals surface area contributed by atoms with Gasteiger partial charge in [0.2, 0.25) is 10.0 Å². The molecule has 1 heterocycles. The van der Waals surface area contributed by atoms with Crippen LogP contribution in [0.15, 0.2) is 53.4 Å². The summed E-state index contributed by atoms with van der Waals surface area (Å²) in [7, 11) is -3.77. The minimum atomic E-state index is -3.77. The van der Waals surface area contributed by atoms with Gasteiger partial charge >= 0.3 is 5.97 Å². The highest BCUT2D eigenvalue weighted by Gasteiger charge is 2.28. The number of fused-ring (bicyclic) bond motifs is 1. The molecule has 1 N–H and O–H groups in total. The van der Waals surface area contributed by atoms with Gasteiger partial charge in [0.25, 0.3) is 5.91 Å². The van der Waals surface area contributed by atoms with Crippen LogP contribution in [0.3, 0.4) is 0 Å². The summed E-state index contributed by atoms with van der Waals surface area (Å²) in [6, 6.07) is 13.5. The summed E-state index contributed by atoms with van der Waals surface area (Å²) in [6.45, 7) is 4.05. The van der Waals surface area contributed by atoms with Gasteiger partial charge in [0.15, 0.2) is 6.61 Å². The number of sulfonamides is 1. The Labute approximate surface area is 177 Å². The average Bonchev–Trinajstić information content (AvgIpc) is 2.77. The Morgan fingerprint density at radius 2 is 1.87 bits per heavy atom. The van der Waals surface area contributed by atoms with Gasteiger partial charge < -0.3 is 10.1 Å². The summed E-state index contributed by atoms with van der Waals surface area (Å²) in [4.78, 5) is 24.1. The van der Waals surface area contributed by atoms with Gasteiger partial charge in [0.1, 0.15) is 0 Å². The lowest BCUT2D eigenvalue weighted by Crippen LogP contribution is -2.36. The van der Waals surface area contributed by atoms with Crippen molar-refractivity contribution in [2.45, 2.75) is 44.2 Å². The first-order chi connectivity index (χ1) is 14.3. The van der Waals surface area contributed by atoms with Crippen LogP contribution in [-0.4, -0.2) is 43.8 Å². The number of benzene rings is 2. The van der Waals surface area contributed by atoms with Crippen LogP contribution >= 0.6 is 0 Å². The Balaban J connectivity index is 1.70. The second kappa shape index (κ2) is 9.40. The van der Waals surface area contributed by atoms with E-state index in [1.807, 2.05) is 38.1 Å². The molecule has 0 saturated heterocycles. The summed E-state index contributed by atoms with van der Waals surface area (Å²) in [6.07, 6.45) is 1.41. The lowest BCUT2D eigenvalue weighted by molar-refractivity contribution is -0.124. The molecule has 2 aromatic carbocycles. The van der Waals surface area contributed by atoms with Gasteiger partial charge in [0.05, 0.1) is 10.5 Å². The normalized spacial score (nSPS) is 15.1. The van der Waals surface area contributed by atoms with Crippen molar-refractivity contribution in [1.82, 2.24) is 9.62 Å². The summed E-state index contributed by atoms with van der Waals surface area (Å²) in [5.41, 5.74) is 2.22. The maximum atomic E-state index is 13.1. The molecule has 0 unspecified atom stereocenters. The maximum absolute atomic E-state index is 13.1. The zero-order chi connectivity index (χ0) is 21.7. The van der Waals surface area contributed by atoms with Crippen LogP contribution in [0, 0.1) is 0 Å². The van der Waals surface area contributed by atoms with Gasteiger partial charge in [0, 0.05) is 19.1 Å². The van der Waals surface area contributed by atoms with E-state index < -0.39 is 28.5 Å². The lowest BCUT2D eigenvalue weighted by atomic mass is 10.0. The first-order valence-electron chi connectivity index (χ1n) is 9.94. The molecule has 30 heavy (non-hydrogen) atoms. The van der Waals surface area contributed by atoms with E-state index in [0.29, 0.717) is 19.5 Å². The molecule has 0 bridgehead atoms. The second-order valence-corrected chi connectivity index (χ2v) is 9.28. The number of amides is 1. The Kier molecular flexibility index (Phi) is 6.89. The number of rotatable bonds is 7. The minimum Gasteiger partial charge on any atom is -0.452 e. The molecular formula is C22H26N2O5S. The smallest absolute Gasteiger partial charge is 0.338 e. The lowest BCUT2D eigenvalue weighted by Gasteiger charge is -2.28. The Morgan fingerprint density at radius 3 is 2.60 bits per heavy atom. The van der Waals surface area contributed by atoms with Crippen molar-refractivity contribution in [3.8, 4) is 0 Å². The van der Waals surface area contributed by atoms with Crippen LogP contribution in [0.2, 0.25) is 0 Å². The molecule has 3 rings (SSSR count). The maximum Gasteiger partial charge on any atom is 0.338 e. The number of nitrogens with zero attached hydrogens (tertiary/aromatic N) is 1. The number of hydrogen-bond acceptors (Lipinski definition) is 5. The van der Waals surface area contributed by atoms with Gasteiger partial charge in [-0.25, -0.2) is 13.2 Å². The predicted molar refractivity (Wildman–Crippen MR) is 112 cm³/mol. The van der Waals surface area contributed by atoms with Crippen molar-refractivity contribution in [3.63, 3.8) is 0 Å². The predicted octanol–water partition coefficient (Wildman–Crippen LogP) is 2.51. The number of nitrogens with one attached hydrogen (secondary N) is 1. The summed E-state index contributed by atoms with van der Waals surface area (Å²) >= 11 is 0. The fraction of sp³-hybridized carbons (Fsp3) is 0.364. The van der Waals surface area contributed by atoms with Gasteiger partial charge in [-0.2, -0.15) is 4.31 Å². The molecule has 0 aliphatic carbocycles. The van der Waals surface area contributed by atoms with E-state index in [1.165, 1.54) is 28.6 Å². The highest BCUT2D eigenvalue weighted by molar-refractivity contribution is 7.89. The average molecular weight is 431 g/mol. The van der Waals surface area contributed by atoms with Gasteiger partial charge in [-0.05, 0) is 49.1 Å². The molecule has 0 fully saturated rings. The molecule has 1 aliphatic heterocycles. The zero-order valence-corrected chi connectivity index (χ0v) is 17.9. The number of carbonyl (C=O) groups excluding carboxylic acids is 2. The molecule has 1 atom stereocenters. The molecule has 1 amide bonds. The fourth-order valence-corrected chi connectivity index (χ4v) is 4.71. The zero-order valence-electron chi connectivity index (χ0n) is 17.1. The van der Waals surface area contributed by atoms with Crippen LogP contribution in [0.1, 0.15) is 41.8 Å². The highest BCUT2D eigenvalue weighted by Crippen LogP contribution is 2.25. The fourth-order valence-electron chi connectivity index (χ4n) is 3.24. The molecule has 2 aromatic rings. The standard InChI is InChI=1S/C22H26N2O5S/c1-3-16(2)23-21(25)15-29-22(26)18-9-6-10-20(13-18)30(27,28)24-12-11-17-7-4-5-8-19(17)14-24/h4-10,13,16H,3,11-12,14-15H2,1-2H3,(H,23,25)/t16-/m1/s1. The van der Waals surface area contributed by atoms with Crippen molar-refractivity contribution in [2.75, 3.05) is 13.2 Å². The van der Waals surface area contributed by atoms with Crippen molar-refractivity contribution in [1.29, 1.82) is 0 Å². The molecule has 7 nitrogen and oxygen atoms in total. The van der Waals surface area contributed by atoms with Crippen LogP contribution in [0.5, 0.6) is 0 Å². The Morgan fingerprint density at radius 1 is 1.13 bits per heavy atom. The van der Waals surface area contributed by atoms with Crippen molar-refractivity contribution in [2.24, 2.45) is 0 Å². The van der Waals surface area contributed by atoms with Crippen molar-refractivity contribution >= 4 is 21.9 Å². The molecular weight excluding hydrogens is 404 g/mol. The molecule has 0 aromatic heterocycles. The third-order valence-electron chi connectivity index (χ3n) is 5.16. The minimum absolute atomic E-state index is 0.0145. The van der Waals surface area contributed by atoms with E-state index in [0.717, 1.165) is 17.5 Å². The van der Waals surface area contributed by atoms with Crippen LogP contribution in [0.25, 0.3) is 0 Å². The van der Waals surface area contributed by atoms with Gasteiger partial charge in [-0.1, -0.05) is 37.3 Å². The Bertz CT molecular complexity index is 1040. The van der Waals surface area contributed by atoms with Crippen LogP contribution < -0.4 is 5.32 Å². The molecule has 0 radical (unpaired) electrons. The molecule has 0 saturated carbocycles. The molecule has 160 valence electrons. The van der Waals surface area contributed by atoms with Crippen LogP contribution in [-0.2, 0) is 32.5 Å². The van der Waals surface area contributed by atoms with E-state index in [-0.39, 0.29) is 16.5 Å². The SMILES string of the molecule is CC[C@@H](C)NC(=O)COC(=O)c1cccc(S(=O)(=O)N2CCc3ccccc3C2)c1. The summed E-state index contributed by atoms with van der Waals surface area (Å²) in [5, 5.41) is 2.70. The van der Waals surface area contributed by atoms with Crippen molar-refractivity contribution < 1.29 is 22.7 Å². The molecule has 1 aliphatic rings. The van der Waals surface area contributed by atoms with E-state index in [1.54, 1.807) is 0 Å². The van der Waals surface area contributed by atoms with Gasteiger partial charge in [-0.3, -0.25) is 4.79 Å². The largest absolute Gasteiger partial charge is 0.452 e. The number of carbonyl (C=O) groups is 2. The third-order valence-corrected chi connectivity index (χ3v) is 7.00. The first-order valence-corrected chi connectivity index (χ1v) is 11.4. The highest BCUT2D eigenvalue weighted by atomic mass is 32.2. The number of hydrogen-bond donors (Lipinski definition) is 1. The van der Waals surface area contributed by atoms with E-state index in [2.05, 4.69) is 5.32 Å². The monoisotopic (exact) mass is 430 g/mol. The molecule has 8 heteroatoms. The van der Waals surface area contributed by atoms with Crippen molar-refractivity contribution in [3.05, 3.63) is 65.2 Å². The van der Waals surface area contributed by atoms with Gasteiger partial charge in [-0.15, -0.1) is 0 Å². The van der Waals surface area contributed by atoms with E-state index >= 15 is 0 Å². The summed E-state index contributed by atoms with van der Waals surface area (Å²) < 4.78 is 32.7. The third kappa shape index (κ3) is 5.06. The first kappa shape index (κ1) is 22.0. The second-order valence-electron chi connectivity index (χ2n) is 7.34. The quantitative estimate of drug-likeness (QED) is 0.682. The number of esters is 1. The Hall–Kier alpha value is -2.71. The number of ether oxygens (including phenoxy) is 1. The van der Waals surface area contributed by atoms with E-state index in [9.17, 15) is 18.0 Å². The van der Waals surface area contributed by atoms with E-state index in [4.69, 9.17) is 4.74 Å². The topological polar surface area (TPSA) is 92.8 Å². The summed E-state index contributed by atoms with van der Waals surface area (Å²) in [5.74, 6) is -1.14. The van der Waals surface area contributed by atoms with Crippen LogP contribution in [0.4, 0.5) is 0 Å².